The van der Waals surface area contributed by atoms with E-state index in [1.54, 1.807) is 0 Å². The Hall–Kier alpha value is -7.36. The van der Waals surface area contributed by atoms with Gasteiger partial charge in [-0.1, -0.05) is 140 Å². The van der Waals surface area contributed by atoms with E-state index in [0.29, 0.717) is 0 Å². The summed E-state index contributed by atoms with van der Waals surface area (Å²) in [5.41, 5.74) is 11.5. The highest BCUT2D eigenvalue weighted by Crippen LogP contribution is 2.51. The van der Waals surface area contributed by atoms with Crippen LogP contribution in [0.4, 0.5) is 28.4 Å². The lowest BCUT2D eigenvalue weighted by molar-refractivity contribution is 1.19. The normalized spacial score (nSPS) is 11.6. The molecule has 0 saturated heterocycles. The van der Waals surface area contributed by atoms with Crippen LogP contribution in [0.2, 0.25) is 0 Å². The number of nitrogens with one attached hydrogen (secondary N) is 1. The lowest BCUT2D eigenvalue weighted by Gasteiger charge is -2.26. The Kier molecular flexibility index (Phi) is 7.17. The monoisotopic (exact) mass is 701 g/mol. The van der Waals surface area contributed by atoms with Crippen LogP contribution in [0, 0.1) is 0 Å². The van der Waals surface area contributed by atoms with E-state index in [9.17, 15) is 0 Å². The number of fused-ring (bicyclic) bond motifs is 5. The molecule has 0 aliphatic heterocycles. The van der Waals surface area contributed by atoms with Crippen LogP contribution in [0.1, 0.15) is 0 Å². The van der Waals surface area contributed by atoms with E-state index in [0.717, 1.165) is 39.7 Å². The quantitative estimate of drug-likeness (QED) is 0.167. The van der Waals surface area contributed by atoms with Crippen LogP contribution in [0.5, 0.6) is 0 Å². The number of hydrogen-bond donors (Lipinski definition) is 1. The minimum Gasteiger partial charge on any atom is -0.354 e. The summed E-state index contributed by atoms with van der Waals surface area (Å²) in [5, 5.41) is 14.0. The third-order valence-corrected chi connectivity index (χ3v) is 11.1. The van der Waals surface area contributed by atoms with Crippen LogP contribution in [-0.2, 0) is 0 Å². The molecular formula is C52H35N3. The lowest BCUT2D eigenvalue weighted by atomic mass is 9.85. The van der Waals surface area contributed by atoms with E-state index in [-0.39, 0.29) is 0 Å². The smallest absolute Gasteiger partial charge is 0.0626 e. The molecule has 1 aromatic heterocycles. The van der Waals surface area contributed by atoms with E-state index in [2.05, 4.69) is 221 Å². The first-order valence-electron chi connectivity index (χ1n) is 18.9. The molecule has 0 unspecified atom stereocenters. The van der Waals surface area contributed by atoms with Crippen molar-refractivity contribution in [3.63, 3.8) is 0 Å². The number of aromatic nitrogens is 1. The van der Waals surface area contributed by atoms with Crippen molar-refractivity contribution < 1.29 is 0 Å². The highest BCUT2D eigenvalue weighted by Gasteiger charge is 2.25. The van der Waals surface area contributed by atoms with Gasteiger partial charge in [0.2, 0.25) is 0 Å². The van der Waals surface area contributed by atoms with Crippen LogP contribution in [0.15, 0.2) is 206 Å². The fourth-order valence-corrected chi connectivity index (χ4v) is 8.82. The molecule has 0 fully saturated rings. The summed E-state index contributed by atoms with van der Waals surface area (Å²) >= 11 is 0. The predicted molar refractivity (Wildman–Crippen MR) is 234 cm³/mol. The fraction of sp³-hybridized carbons (Fsp3) is 0. The first-order valence-corrected chi connectivity index (χ1v) is 18.9. The van der Waals surface area contributed by atoms with Gasteiger partial charge in [0, 0.05) is 66.3 Å². The van der Waals surface area contributed by atoms with E-state index >= 15 is 0 Å². The molecule has 0 radical (unpaired) electrons. The van der Waals surface area contributed by atoms with Crippen LogP contribution < -0.4 is 10.2 Å². The number of para-hydroxylation sites is 5. The second kappa shape index (κ2) is 12.6. The summed E-state index contributed by atoms with van der Waals surface area (Å²) in [5.74, 6) is 0. The number of anilines is 5. The molecule has 258 valence electrons. The van der Waals surface area contributed by atoms with E-state index in [1.165, 1.54) is 59.7 Å². The van der Waals surface area contributed by atoms with Gasteiger partial charge in [-0.15, -0.1) is 0 Å². The standard InChI is InChI=1S/C52H35N3/c1-5-17-36(18-6-1)53-51-44-28-15-27-43-48(44)49-42(26-16-29-45(49)52-50(43)41-25-13-14-30-46(41)55(52)39-23-11-4-12-24-39)47(51)35-31-33-40(34-32-35)54(37-19-7-2-8-20-37)38-21-9-3-10-22-38/h1-34,53H. The zero-order valence-corrected chi connectivity index (χ0v) is 30.0. The van der Waals surface area contributed by atoms with Crippen molar-refractivity contribution >= 4 is 82.6 Å². The van der Waals surface area contributed by atoms with Gasteiger partial charge in [0.05, 0.1) is 16.7 Å². The Morgan fingerprint density at radius 2 is 0.873 bits per heavy atom. The molecule has 55 heavy (non-hydrogen) atoms. The molecule has 3 nitrogen and oxygen atoms in total. The third-order valence-electron chi connectivity index (χ3n) is 11.1. The van der Waals surface area contributed by atoms with Gasteiger partial charge in [0.25, 0.3) is 0 Å². The molecule has 1 heterocycles. The molecule has 3 heteroatoms. The van der Waals surface area contributed by atoms with Crippen molar-refractivity contribution in [3.8, 4) is 16.8 Å². The maximum atomic E-state index is 3.94. The SMILES string of the molecule is c1ccc(Nc2c(-c3ccc(N(c4ccccc4)c4ccccc4)cc3)c3cccc4c3c3c2cccc3c2c3ccccc3n(-c3ccccc3)c42)cc1. The second-order valence-corrected chi connectivity index (χ2v) is 14.2. The minimum atomic E-state index is 1.06. The Labute approximate surface area is 319 Å². The molecule has 0 bridgehead atoms. The van der Waals surface area contributed by atoms with Crippen molar-refractivity contribution in [2.75, 3.05) is 10.2 Å². The maximum absolute atomic E-state index is 3.94. The maximum Gasteiger partial charge on any atom is 0.0626 e. The molecule has 0 atom stereocenters. The molecule has 0 spiro atoms. The summed E-state index contributed by atoms with van der Waals surface area (Å²) in [4.78, 5) is 2.32. The molecule has 10 aromatic carbocycles. The number of benzene rings is 10. The minimum absolute atomic E-state index is 1.06. The zero-order chi connectivity index (χ0) is 36.3. The van der Waals surface area contributed by atoms with Crippen LogP contribution in [0.3, 0.4) is 0 Å². The van der Waals surface area contributed by atoms with Crippen LogP contribution >= 0.6 is 0 Å². The largest absolute Gasteiger partial charge is 0.354 e. The van der Waals surface area contributed by atoms with Crippen molar-refractivity contribution in [2.45, 2.75) is 0 Å². The zero-order valence-electron chi connectivity index (χ0n) is 30.0. The van der Waals surface area contributed by atoms with Crippen LogP contribution in [-0.4, -0.2) is 4.57 Å². The highest BCUT2D eigenvalue weighted by molar-refractivity contribution is 6.41. The molecule has 11 aromatic rings. The van der Waals surface area contributed by atoms with Crippen molar-refractivity contribution in [1.82, 2.24) is 4.57 Å². The third kappa shape index (κ3) is 4.91. The Morgan fingerprint density at radius 3 is 1.56 bits per heavy atom. The summed E-state index contributed by atoms with van der Waals surface area (Å²) in [6.07, 6.45) is 0. The molecular weight excluding hydrogens is 667 g/mol. The van der Waals surface area contributed by atoms with Gasteiger partial charge in [-0.3, -0.25) is 0 Å². The van der Waals surface area contributed by atoms with Gasteiger partial charge in [0.1, 0.15) is 0 Å². The van der Waals surface area contributed by atoms with Gasteiger partial charge in [-0.2, -0.15) is 0 Å². The van der Waals surface area contributed by atoms with Gasteiger partial charge in [-0.25, -0.2) is 0 Å². The summed E-state index contributed by atoms with van der Waals surface area (Å²) < 4.78 is 2.47. The second-order valence-electron chi connectivity index (χ2n) is 14.2. The van der Waals surface area contributed by atoms with Crippen molar-refractivity contribution in [3.05, 3.63) is 206 Å². The highest BCUT2D eigenvalue weighted by atomic mass is 15.1. The van der Waals surface area contributed by atoms with Gasteiger partial charge in [0.15, 0.2) is 0 Å². The van der Waals surface area contributed by atoms with Gasteiger partial charge >= 0.3 is 0 Å². The first-order chi connectivity index (χ1) is 27.3. The molecule has 0 saturated carbocycles. The van der Waals surface area contributed by atoms with Gasteiger partial charge < -0.3 is 14.8 Å². The molecule has 0 amide bonds. The van der Waals surface area contributed by atoms with Crippen molar-refractivity contribution in [1.29, 1.82) is 0 Å². The van der Waals surface area contributed by atoms with E-state index in [1.807, 2.05) is 0 Å². The number of rotatable bonds is 7. The fourth-order valence-electron chi connectivity index (χ4n) is 8.82. The Balaban J connectivity index is 1.23. The van der Waals surface area contributed by atoms with E-state index < -0.39 is 0 Å². The average Bonchev–Trinajstić information content (AvgIpc) is 3.61. The topological polar surface area (TPSA) is 20.2 Å². The molecule has 0 aliphatic rings. The molecule has 1 N–H and O–H groups in total. The van der Waals surface area contributed by atoms with Crippen LogP contribution in [0.25, 0.3) is 70.9 Å². The number of hydrogen-bond acceptors (Lipinski definition) is 2. The molecule has 11 rings (SSSR count). The lowest BCUT2D eigenvalue weighted by Crippen LogP contribution is -2.09. The molecule has 0 aliphatic carbocycles. The Bertz CT molecular complexity index is 3090. The summed E-state index contributed by atoms with van der Waals surface area (Å²) in [7, 11) is 0. The summed E-state index contributed by atoms with van der Waals surface area (Å²) in [6, 6.07) is 74.3. The van der Waals surface area contributed by atoms with Gasteiger partial charge in [-0.05, 0) is 83.1 Å². The summed E-state index contributed by atoms with van der Waals surface area (Å²) in [6.45, 7) is 0. The van der Waals surface area contributed by atoms with E-state index in [4.69, 9.17) is 0 Å². The van der Waals surface area contributed by atoms with Crippen molar-refractivity contribution in [2.24, 2.45) is 0 Å². The first kappa shape index (κ1) is 31.2. The Morgan fingerprint density at radius 1 is 0.364 bits per heavy atom. The average molecular weight is 702 g/mol. The predicted octanol–water partition coefficient (Wildman–Crippen LogP) is 14.6. The number of nitrogens with zero attached hydrogens (tertiary/aromatic N) is 2.